The molecule has 1 aromatic heterocycles. The highest BCUT2D eigenvalue weighted by Gasteiger charge is 2.13. The average Bonchev–Trinajstić information content (AvgIpc) is 2.67. The first-order chi connectivity index (χ1) is 12.6. The van der Waals surface area contributed by atoms with E-state index in [1.807, 2.05) is 60.7 Å². The summed E-state index contributed by atoms with van der Waals surface area (Å²) in [6.45, 7) is 0. The van der Waals surface area contributed by atoms with E-state index in [2.05, 4.69) is 0 Å². The molecular weight excluding hydrogens is 346 g/mol. The Morgan fingerprint density at radius 3 is 2.46 bits per heavy atom. The van der Waals surface area contributed by atoms with Crippen LogP contribution in [0.3, 0.4) is 0 Å². The van der Waals surface area contributed by atoms with Crippen molar-refractivity contribution in [1.29, 1.82) is 0 Å². The van der Waals surface area contributed by atoms with E-state index < -0.39 is 5.97 Å². The summed E-state index contributed by atoms with van der Waals surface area (Å²) in [7, 11) is 0. The summed E-state index contributed by atoms with van der Waals surface area (Å²) in [6.07, 6.45) is 0. The van der Waals surface area contributed by atoms with E-state index in [1.165, 1.54) is 0 Å². The number of hydrogen-bond donors (Lipinski definition) is 1. The molecule has 1 N–H and O–H groups in total. The Morgan fingerprint density at radius 2 is 1.69 bits per heavy atom. The quantitative estimate of drug-likeness (QED) is 0.494. The number of carboxylic acids is 1. The maximum Gasteiger partial charge on any atom is 0.335 e. The summed E-state index contributed by atoms with van der Waals surface area (Å²) in [6, 6.07) is 24.5. The fourth-order valence-electron chi connectivity index (χ4n) is 3.04. The minimum Gasteiger partial charge on any atom is -0.478 e. The van der Waals surface area contributed by atoms with Crippen molar-refractivity contribution in [1.82, 2.24) is 4.98 Å². The van der Waals surface area contributed by atoms with Crippen LogP contribution in [0.5, 0.6) is 0 Å². The first-order valence-electron chi connectivity index (χ1n) is 8.12. The molecule has 1 heterocycles. The molecule has 0 spiro atoms. The molecule has 0 fully saturated rings. The number of benzene rings is 3. The van der Waals surface area contributed by atoms with Crippen LogP contribution in [0.2, 0.25) is 5.02 Å². The minimum absolute atomic E-state index is 0.245. The van der Waals surface area contributed by atoms with Crippen molar-refractivity contribution in [3.63, 3.8) is 0 Å². The number of halogens is 1. The number of hydrogen-bond acceptors (Lipinski definition) is 2. The van der Waals surface area contributed by atoms with Gasteiger partial charge in [0.05, 0.1) is 21.8 Å². The lowest BCUT2D eigenvalue weighted by molar-refractivity contribution is 0.0697. The van der Waals surface area contributed by atoms with Gasteiger partial charge in [-0.25, -0.2) is 9.78 Å². The Labute approximate surface area is 155 Å². The number of fused-ring (bicyclic) bond motifs is 1. The predicted molar refractivity (Wildman–Crippen MR) is 105 cm³/mol. The molecule has 4 rings (SSSR count). The Morgan fingerprint density at radius 1 is 0.885 bits per heavy atom. The normalized spacial score (nSPS) is 10.8. The van der Waals surface area contributed by atoms with Crippen molar-refractivity contribution < 1.29 is 9.90 Å². The summed E-state index contributed by atoms with van der Waals surface area (Å²) in [5, 5.41) is 10.5. The van der Waals surface area contributed by atoms with E-state index in [0.717, 1.165) is 33.3 Å². The van der Waals surface area contributed by atoms with Crippen LogP contribution in [0.1, 0.15) is 10.4 Å². The number of rotatable bonds is 3. The molecule has 4 heteroatoms. The number of carboxylic acid groups (broad SMARTS) is 1. The molecule has 0 saturated heterocycles. The molecule has 0 aliphatic heterocycles. The monoisotopic (exact) mass is 359 g/mol. The second-order valence-corrected chi connectivity index (χ2v) is 6.34. The Hall–Kier alpha value is -3.17. The zero-order chi connectivity index (χ0) is 18.1. The van der Waals surface area contributed by atoms with Crippen LogP contribution in [0.15, 0.2) is 78.9 Å². The molecule has 126 valence electrons. The van der Waals surface area contributed by atoms with Crippen LogP contribution >= 0.6 is 11.6 Å². The lowest BCUT2D eigenvalue weighted by Crippen LogP contribution is -1.96. The summed E-state index contributed by atoms with van der Waals surface area (Å²) < 4.78 is 0. The number of pyridine rings is 1. The lowest BCUT2D eigenvalue weighted by Gasteiger charge is -2.12. The number of aromatic nitrogens is 1. The summed E-state index contributed by atoms with van der Waals surface area (Å²) in [5.41, 5.74) is 4.66. The molecule has 0 aliphatic rings. The van der Waals surface area contributed by atoms with Gasteiger partial charge in [0, 0.05) is 10.9 Å². The van der Waals surface area contributed by atoms with Gasteiger partial charge in [-0.1, -0.05) is 60.1 Å². The van der Waals surface area contributed by atoms with Gasteiger partial charge in [0.25, 0.3) is 0 Å². The Kier molecular flexibility index (Phi) is 4.15. The maximum atomic E-state index is 11.1. The van der Waals surface area contributed by atoms with E-state index in [-0.39, 0.29) is 5.56 Å². The molecule has 3 aromatic carbocycles. The molecule has 0 aliphatic carbocycles. The van der Waals surface area contributed by atoms with E-state index >= 15 is 0 Å². The molecule has 0 bridgehead atoms. The third-order valence-electron chi connectivity index (χ3n) is 4.29. The molecule has 0 radical (unpaired) electrons. The molecule has 4 aromatic rings. The van der Waals surface area contributed by atoms with Gasteiger partial charge in [0.1, 0.15) is 0 Å². The molecule has 26 heavy (non-hydrogen) atoms. The van der Waals surface area contributed by atoms with Gasteiger partial charge in [-0.15, -0.1) is 0 Å². The lowest BCUT2D eigenvalue weighted by atomic mass is 9.97. The average molecular weight is 360 g/mol. The highest BCUT2D eigenvalue weighted by atomic mass is 35.5. The summed E-state index contributed by atoms with van der Waals surface area (Å²) in [4.78, 5) is 15.9. The highest BCUT2D eigenvalue weighted by molar-refractivity contribution is 6.34. The van der Waals surface area contributed by atoms with Crippen LogP contribution in [0.4, 0.5) is 0 Å². The summed E-state index contributed by atoms with van der Waals surface area (Å²) >= 11 is 6.51. The van der Waals surface area contributed by atoms with E-state index in [0.29, 0.717) is 5.02 Å². The summed E-state index contributed by atoms with van der Waals surface area (Å²) in [5.74, 6) is -0.951. The van der Waals surface area contributed by atoms with Crippen molar-refractivity contribution in [2.24, 2.45) is 0 Å². The third kappa shape index (κ3) is 2.93. The number of nitrogens with zero attached hydrogens (tertiary/aromatic N) is 1. The van der Waals surface area contributed by atoms with Crippen LogP contribution in [-0.4, -0.2) is 16.1 Å². The van der Waals surface area contributed by atoms with Gasteiger partial charge in [-0.2, -0.15) is 0 Å². The van der Waals surface area contributed by atoms with Gasteiger partial charge in [0.2, 0.25) is 0 Å². The van der Waals surface area contributed by atoms with Crippen molar-refractivity contribution in [2.75, 3.05) is 0 Å². The zero-order valence-electron chi connectivity index (χ0n) is 13.7. The van der Waals surface area contributed by atoms with Crippen LogP contribution in [0.25, 0.3) is 33.3 Å². The first-order valence-corrected chi connectivity index (χ1v) is 8.50. The SMILES string of the molecule is O=C(O)c1ccc2nc(-c3c(Cl)cccc3-c3ccccc3)ccc2c1. The van der Waals surface area contributed by atoms with Gasteiger partial charge in [-0.3, -0.25) is 0 Å². The zero-order valence-corrected chi connectivity index (χ0v) is 14.4. The minimum atomic E-state index is -0.951. The molecule has 0 unspecified atom stereocenters. The second-order valence-electron chi connectivity index (χ2n) is 5.94. The predicted octanol–water partition coefficient (Wildman–Crippen LogP) is 5.92. The van der Waals surface area contributed by atoms with Crippen LogP contribution in [-0.2, 0) is 0 Å². The fraction of sp³-hybridized carbons (Fsp3) is 0. The molecule has 0 amide bonds. The molecule has 0 atom stereocenters. The first kappa shape index (κ1) is 16.3. The van der Waals surface area contributed by atoms with Crippen molar-refractivity contribution in [3.05, 3.63) is 89.4 Å². The van der Waals surface area contributed by atoms with Gasteiger partial charge in [0.15, 0.2) is 0 Å². The number of aromatic carboxylic acids is 1. The smallest absolute Gasteiger partial charge is 0.335 e. The van der Waals surface area contributed by atoms with Gasteiger partial charge in [-0.05, 0) is 41.5 Å². The molecule has 3 nitrogen and oxygen atoms in total. The van der Waals surface area contributed by atoms with Crippen LogP contribution < -0.4 is 0 Å². The van der Waals surface area contributed by atoms with Crippen molar-refractivity contribution in [3.8, 4) is 22.4 Å². The Balaban J connectivity index is 1.90. The van der Waals surface area contributed by atoms with E-state index in [1.54, 1.807) is 18.2 Å². The molecular formula is C22H14ClNO2. The Bertz CT molecular complexity index is 1120. The second kappa shape index (κ2) is 6.62. The standard InChI is InChI=1S/C22H14ClNO2/c23-18-8-4-7-17(14-5-2-1-3-6-14)21(18)20-12-9-15-13-16(22(25)26)10-11-19(15)24-20/h1-13H,(H,25,26). The fourth-order valence-corrected chi connectivity index (χ4v) is 3.31. The van der Waals surface area contributed by atoms with Gasteiger partial charge < -0.3 is 5.11 Å². The van der Waals surface area contributed by atoms with Crippen LogP contribution in [0, 0.1) is 0 Å². The van der Waals surface area contributed by atoms with E-state index in [4.69, 9.17) is 21.7 Å². The maximum absolute atomic E-state index is 11.1. The third-order valence-corrected chi connectivity index (χ3v) is 4.61. The molecule has 0 saturated carbocycles. The highest BCUT2D eigenvalue weighted by Crippen LogP contribution is 2.37. The number of carbonyl (C=O) groups is 1. The van der Waals surface area contributed by atoms with E-state index in [9.17, 15) is 4.79 Å². The van der Waals surface area contributed by atoms with Crippen molar-refractivity contribution in [2.45, 2.75) is 0 Å². The van der Waals surface area contributed by atoms with Gasteiger partial charge >= 0.3 is 5.97 Å². The largest absolute Gasteiger partial charge is 0.478 e. The van der Waals surface area contributed by atoms with Crippen molar-refractivity contribution >= 4 is 28.5 Å². The topological polar surface area (TPSA) is 50.2 Å².